The molecule has 0 radical (unpaired) electrons. The van der Waals surface area contributed by atoms with Gasteiger partial charge >= 0.3 is 0 Å². The molecular weight excluding hydrogens is 236 g/mol. The minimum atomic E-state index is -0.0400. The van der Waals surface area contributed by atoms with Crippen molar-refractivity contribution in [3.8, 4) is 0 Å². The van der Waals surface area contributed by atoms with Gasteiger partial charge in [0.2, 0.25) is 0 Å². The van der Waals surface area contributed by atoms with Gasteiger partial charge in [-0.1, -0.05) is 6.92 Å². The third kappa shape index (κ3) is 2.57. The van der Waals surface area contributed by atoms with Crippen LogP contribution in [0.25, 0.3) is 0 Å². The molecule has 0 aliphatic carbocycles. The van der Waals surface area contributed by atoms with Crippen LogP contribution in [0.4, 0.5) is 5.69 Å². The van der Waals surface area contributed by atoms with E-state index in [1.54, 1.807) is 17.9 Å². The number of anilines is 1. The standard InChI is InChI=1S/C11H18N4OS/c1-3-8-6-15(4-5-17-8)11(16)10-9(12)7-14(2)13-10/h7-8H,3-6,12H2,1-2H3. The SMILES string of the molecule is CCC1CN(C(=O)c2nn(C)cc2N)CCS1. The first-order valence-electron chi connectivity index (χ1n) is 5.81. The number of thioether (sulfide) groups is 1. The van der Waals surface area contributed by atoms with Gasteiger partial charge in [-0.25, -0.2) is 0 Å². The smallest absolute Gasteiger partial charge is 0.276 e. The summed E-state index contributed by atoms with van der Waals surface area (Å²) >= 11 is 1.94. The van der Waals surface area contributed by atoms with Crippen LogP contribution in [0.15, 0.2) is 6.20 Å². The average Bonchev–Trinajstić information content (AvgIpc) is 2.67. The molecule has 17 heavy (non-hydrogen) atoms. The Morgan fingerprint density at radius 3 is 3.06 bits per heavy atom. The van der Waals surface area contributed by atoms with Gasteiger partial charge in [0.05, 0.1) is 5.69 Å². The summed E-state index contributed by atoms with van der Waals surface area (Å²) in [4.78, 5) is 14.1. The molecular formula is C11H18N4OS. The van der Waals surface area contributed by atoms with Crippen molar-refractivity contribution in [2.75, 3.05) is 24.6 Å². The van der Waals surface area contributed by atoms with Gasteiger partial charge in [-0.2, -0.15) is 16.9 Å². The number of nitrogen functional groups attached to an aromatic ring is 1. The molecule has 1 fully saturated rings. The molecule has 6 heteroatoms. The van der Waals surface area contributed by atoms with Crippen molar-refractivity contribution in [1.82, 2.24) is 14.7 Å². The van der Waals surface area contributed by atoms with Gasteiger partial charge in [-0.15, -0.1) is 0 Å². The first-order chi connectivity index (χ1) is 8.11. The van der Waals surface area contributed by atoms with Gasteiger partial charge in [0, 0.05) is 37.3 Å². The second-order valence-corrected chi connectivity index (χ2v) is 5.67. The monoisotopic (exact) mass is 254 g/mol. The number of nitrogens with zero attached hydrogens (tertiary/aromatic N) is 3. The third-order valence-electron chi connectivity index (χ3n) is 2.94. The summed E-state index contributed by atoms with van der Waals surface area (Å²) in [5, 5.41) is 4.67. The number of rotatable bonds is 2. The summed E-state index contributed by atoms with van der Waals surface area (Å²) in [5.41, 5.74) is 6.63. The molecule has 5 nitrogen and oxygen atoms in total. The number of nitrogens with two attached hydrogens (primary N) is 1. The van der Waals surface area contributed by atoms with Crippen molar-refractivity contribution in [2.24, 2.45) is 7.05 Å². The van der Waals surface area contributed by atoms with Crippen molar-refractivity contribution in [3.63, 3.8) is 0 Å². The molecule has 0 saturated carbocycles. The topological polar surface area (TPSA) is 64.2 Å². The Balaban J connectivity index is 2.12. The quantitative estimate of drug-likeness (QED) is 0.854. The van der Waals surface area contributed by atoms with E-state index >= 15 is 0 Å². The van der Waals surface area contributed by atoms with E-state index in [9.17, 15) is 4.79 Å². The lowest BCUT2D eigenvalue weighted by Gasteiger charge is -2.31. The number of hydrogen-bond donors (Lipinski definition) is 1. The Morgan fingerprint density at radius 2 is 2.47 bits per heavy atom. The van der Waals surface area contributed by atoms with E-state index in [1.165, 1.54) is 0 Å². The van der Waals surface area contributed by atoms with Gasteiger partial charge in [-0.05, 0) is 6.42 Å². The van der Waals surface area contributed by atoms with Crippen molar-refractivity contribution >= 4 is 23.4 Å². The van der Waals surface area contributed by atoms with Crippen LogP contribution in [0.1, 0.15) is 23.8 Å². The molecule has 0 aromatic carbocycles. The first kappa shape index (κ1) is 12.3. The Bertz CT molecular complexity index is 418. The average molecular weight is 254 g/mol. The van der Waals surface area contributed by atoms with Gasteiger partial charge in [0.15, 0.2) is 5.69 Å². The van der Waals surface area contributed by atoms with Crippen LogP contribution in [0, 0.1) is 0 Å². The summed E-state index contributed by atoms with van der Waals surface area (Å²) in [7, 11) is 1.77. The fourth-order valence-electron chi connectivity index (χ4n) is 1.97. The largest absolute Gasteiger partial charge is 0.396 e. The van der Waals surface area contributed by atoms with Crippen LogP contribution in [0.5, 0.6) is 0 Å². The molecule has 1 aliphatic rings. The zero-order valence-corrected chi connectivity index (χ0v) is 11.0. The number of carbonyl (C=O) groups excluding carboxylic acids is 1. The lowest BCUT2D eigenvalue weighted by molar-refractivity contribution is 0.0755. The van der Waals surface area contributed by atoms with Crippen molar-refractivity contribution < 1.29 is 4.79 Å². The summed E-state index contributed by atoms with van der Waals surface area (Å²) in [6.07, 6.45) is 2.76. The van der Waals surface area contributed by atoms with Crippen LogP contribution in [0.3, 0.4) is 0 Å². The van der Waals surface area contributed by atoms with E-state index in [1.807, 2.05) is 16.7 Å². The van der Waals surface area contributed by atoms with Crippen LogP contribution in [0.2, 0.25) is 0 Å². The maximum Gasteiger partial charge on any atom is 0.276 e. The van der Waals surface area contributed by atoms with Crippen LogP contribution >= 0.6 is 11.8 Å². The minimum Gasteiger partial charge on any atom is -0.396 e. The van der Waals surface area contributed by atoms with E-state index in [0.717, 1.165) is 25.3 Å². The van der Waals surface area contributed by atoms with E-state index in [-0.39, 0.29) is 5.91 Å². The van der Waals surface area contributed by atoms with Crippen molar-refractivity contribution in [1.29, 1.82) is 0 Å². The second kappa shape index (κ2) is 5.00. The predicted octanol–water partition coefficient (Wildman–Crippen LogP) is 0.970. The molecule has 1 aromatic rings. The molecule has 1 aliphatic heterocycles. The fourth-order valence-corrected chi connectivity index (χ4v) is 3.15. The molecule has 2 heterocycles. The van der Waals surface area contributed by atoms with E-state index < -0.39 is 0 Å². The number of aromatic nitrogens is 2. The maximum atomic E-state index is 12.3. The fraction of sp³-hybridized carbons (Fsp3) is 0.636. The van der Waals surface area contributed by atoms with E-state index in [0.29, 0.717) is 16.6 Å². The number of amides is 1. The normalized spacial score (nSPS) is 20.6. The highest BCUT2D eigenvalue weighted by atomic mass is 32.2. The molecule has 2 rings (SSSR count). The molecule has 0 spiro atoms. The molecule has 1 unspecified atom stereocenters. The highest BCUT2D eigenvalue weighted by molar-refractivity contribution is 8.00. The van der Waals surface area contributed by atoms with Gasteiger partial charge in [-0.3, -0.25) is 9.48 Å². The minimum absolute atomic E-state index is 0.0400. The summed E-state index contributed by atoms with van der Waals surface area (Å²) in [6.45, 7) is 3.74. The first-order valence-corrected chi connectivity index (χ1v) is 6.86. The molecule has 0 bridgehead atoms. The second-order valence-electron chi connectivity index (χ2n) is 4.26. The van der Waals surface area contributed by atoms with Gasteiger partial charge in [0.1, 0.15) is 0 Å². The van der Waals surface area contributed by atoms with Crippen LogP contribution in [-0.4, -0.2) is 44.7 Å². The van der Waals surface area contributed by atoms with Gasteiger partial charge in [0.25, 0.3) is 5.91 Å². The summed E-state index contributed by atoms with van der Waals surface area (Å²) in [6, 6.07) is 0. The summed E-state index contributed by atoms with van der Waals surface area (Å²) in [5.74, 6) is 0.957. The Kier molecular flexibility index (Phi) is 3.61. The van der Waals surface area contributed by atoms with Crippen LogP contribution < -0.4 is 5.73 Å². The molecule has 1 aromatic heterocycles. The highest BCUT2D eigenvalue weighted by Gasteiger charge is 2.26. The zero-order valence-electron chi connectivity index (χ0n) is 10.2. The number of carbonyl (C=O) groups is 1. The van der Waals surface area contributed by atoms with Gasteiger partial charge < -0.3 is 10.6 Å². The zero-order chi connectivity index (χ0) is 12.4. The third-order valence-corrected chi connectivity index (χ3v) is 4.31. The van der Waals surface area contributed by atoms with Crippen LogP contribution in [-0.2, 0) is 7.05 Å². The van der Waals surface area contributed by atoms with E-state index in [4.69, 9.17) is 5.73 Å². The summed E-state index contributed by atoms with van der Waals surface area (Å²) < 4.78 is 1.58. The molecule has 1 amide bonds. The molecule has 94 valence electrons. The number of hydrogen-bond acceptors (Lipinski definition) is 4. The Hall–Kier alpha value is -1.17. The van der Waals surface area contributed by atoms with E-state index in [2.05, 4.69) is 12.0 Å². The Labute approximate surface area is 105 Å². The number of aryl methyl sites for hydroxylation is 1. The molecule has 1 saturated heterocycles. The highest BCUT2D eigenvalue weighted by Crippen LogP contribution is 2.23. The molecule has 2 N–H and O–H groups in total. The van der Waals surface area contributed by atoms with Crippen molar-refractivity contribution in [2.45, 2.75) is 18.6 Å². The van der Waals surface area contributed by atoms with Crippen molar-refractivity contribution in [3.05, 3.63) is 11.9 Å². The predicted molar refractivity (Wildman–Crippen MR) is 70.1 cm³/mol. The lowest BCUT2D eigenvalue weighted by Crippen LogP contribution is -2.42. The maximum absolute atomic E-state index is 12.3. The Morgan fingerprint density at radius 1 is 1.71 bits per heavy atom. The molecule has 1 atom stereocenters. The lowest BCUT2D eigenvalue weighted by atomic mass is 10.2.